The van der Waals surface area contributed by atoms with E-state index in [2.05, 4.69) is 23.9 Å². The summed E-state index contributed by atoms with van der Waals surface area (Å²) in [5, 5.41) is 12.3. The minimum atomic E-state index is -0.243. The Morgan fingerprint density at radius 1 is 0.431 bits per heavy atom. The van der Waals surface area contributed by atoms with E-state index in [-0.39, 0.29) is 6.61 Å². The van der Waals surface area contributed by atoms with Gasteiger partial charge in [0.1, 0.15) is 5.71 Å². The van der Waals surface area contributed by atoms with Crippen LogP contribution in [0.3, 0.4) is 0 Å². The van der Waals surface area contributed by atoms with E-state index in [4.69, 9.17) is 72.5 Å². The van der Waals surface area contributed by atoms with Crippen molar-refractivity contribution in [2.24, 2.45) is 21.9 Å². The van der Waals surface area contributed by atoms with Crippen LogP contribution >= 0.6 is 0 Å². The SMILES string of the molecule is CC(C)CCOCCOCCOCCOCCOCCOCCOCCOCCOCCOCCOCCOCCOCCN=CC(CO)=NN. The number of hydrogen-bond acceptors (Lipinski definition) is 17. The number of ether oxygens (including phenoxy) is 13. The van der Waals surface area contributed by atoms with Crippen LogP contribution in [0.1, 0.15) is 20.3 Å². The van der Waals surface area contributed by atoms with Crippen molar-refractivity contribution in [2.45, 2.75) is 20.3 Å². The molecule has 0 amide bonds. The Balaban J connectivity index is 3.09. The van der Waals surface area contributed by atoms with Gasteiger partial charge in [-0.3, -0.25) is 4.99 Å². The normalized spacial score (nSPS) is 12.3. The molecule has 51 heavy (non-hydrogen) atoms. The predicted octanol–water partition coefficient (Wildman–Crippen LogP) is 0.626. The third-order valence-electron chi connectivity index (χ3n) is 6.24. The lowest BCUT2D eigenvalue weighted by Crippen LogP contribution is -2.15. The van der Waals surface area contributed by atoms with E-state index >= 15 is 0 Å². The molecule has 0 aliphatic carbocycles. The second kappa shape index (κ2) is 44.7. The highest BCUT2D eigenvalue weighted by molar-refractivity contribution is 6.31. The summed E-state index contributed by atoms with van der Waals surface area (Å²) in [6, 6.07) is 0. The average molecular weight is 744 g/mol. The first kappa shape index (κ1) is 49.6. The quantitative estimate of drug-likeness (QED) is 0.0382. The van der Waals surface area contributed by atoms with Crippen molar-refractivity contribution in [3.8, 4) is 0 Å². The van der Waals surface area contributed by atoms with Crippen molar-refractivity contribution in [3.05, 3.63) is 0 Å². The summed E-state index contributed by atoms with van der Waals surface area (Å²) in [6.45, 7) is 18.1. The smallest absolute Gasteiger partial charge is 0.103 e. The molecule has 304 valence electrons. The van der Waals surface area contributed by atoms with Crippen molar-refractivity contribution >= 4 is 11.9 Å². The summed E-state index contributed by atoms with van der Waals surface area (Å²) in [5.74, 6) is 5.73. The number of nitrogens with two attached hydrogens (primary N) is 1. The Kier molecular flexibility index (Phi) is 43.5. The lowest BCUT2D eigenvalue weighted by Gasteiger charge is -2.09. The predicted molar refractivity (Wildman–Crippen MR) is 192 cm³/mol. The van der Waals surface area contributed by atoms with E-state index in [0.717, 1.165) is 13.0 Å². The number of aliphatic hydroxyl groups is 1. The molecule has 0 unspecified atom stereocenters. The number of rotatable bonds is 44. The first-order valence-electron chi connectivity index (χ1n) is 18.1. The van der Waals surface area contributed by atoms with Crippen molar-refractivity contribution in [2.75, 3.05) is 185 Å². The van der Waals surface area contributed by atoms with E-state index in [0.29, 0.717) is 183 Å². The second-order valence-corrected chi connectivity index (χ2v) is 11.0. The fourth-order valence-corrected chi connectivity index (χ4v) is 3.46. The van der Waals surface area contributed by atoms with E-state index in [9.17, 15) is 0 Å². The van der Waals surface area contributed by atoms with Crippen LogP contribution in [0.2, 0.25) is 0 Å². The number of hydrazone groups is 1. The van der Waals surface area contributed by atoms with Gasteiger partial charge >= 0.3 is 0 Å². The minimum Gasteiger partial charge on any atom is -0.390 e. The lowest BCUT2D eigenvalue weighted by atomic mass is 10.1. The maximum absolute atomic E-state index is 8.88. The zero-order valence-electron chi connectivity index (χ0n) is 31.4. The maximum atomic E-state index is 8.88. The van der Waals surface area contributed by atoms with Gasteiger partial charge in [0.2, 0.25) is 0 Å². The van der Waals surface area contributed by atoms with Gasteiger partial charge in [0, 0.05) is 12.8 Å². The van der Waals surface area contributed by atoms with Crippen LogP contribution in [0.5, 0.6) is 0 Å². The number of aliphatic hydroxyl groups excluding tert-OH is 1. The highest BCUT2D eigenvalue weighted by Crippen LogP contribution is 1.98. The van der Waals surface area contributed by atoms with Crippen LogP contribution in [0.25, 0.3) is 0 Å². The molecule has 0 saturated heterocycles. The summed E-state index contributed by atoms with van der Waals surface area (Å²) in [6.07, 6.45) is 2.50. The Morgan fingerprint density at radius 2 is 0.667 bits per heavy atom. The molecule has 0 atom stereocenters. The van der Waals surface area contributed by atoms with Gasteiger partial charge in [-0.2, -0.15) is 5.10 Å². The van der Waals surface area contributed by atoms with Gasteiger partial charge in [-0.05, 0) is 12.3 Å². The van der Waals surface area contributed by atoms with Gasteiger partial charge in [-0.15, -0.1) is 0 Å². The van der Waals surface area contributed by atoms with Gasteiger partial charge in [-0.1, -0.05) is 13.8 Å². The molecule has 0 bridgehead atoms. The Hall–Kier alpha value is -1.42. The molecule has 0 aromatic heterocycles. The van der Waals surface area contributed by atoms with E-state index in [1.165, 1.54) is 6.21 Å². The molecule has 0 rings (SSSR count). The zero-order valence-corrected chi connectivity index (χ0v) is 31.4. The lowest BCUT2D eigenvalue weighted by molar-refractivity contribution is -0.0290. The summed E-state index contributed by atoms with van der Waals surface area (Å²) in [4.78, 5) is 4.04. The summed E-state index contributed by atoms with van der Waals surface area (Å²) < 4.78 is 71.1. The molecule has 0 aliphatic rings. The van der Waals surface area contributed by atoms with Gasteiger partial charge in [-0.25, -0.2) is 0 Å². The van der Waals surface area contributed by atoms with E-state index in [1.54, 1.807) is 0 Å². The van der Waals surface area contributed by atoms with Crippen LogP contribution in [0.15, 0.2) is 10.1 Å². The molecule has 0 aliphatic heterocycles. The van der Waals surface area contributed by atoms with E-state index < -0.39 is 0 Å². The minimum absolute atomic E-state index is 0.243. The van der Waals surface area contributed by atoms with E-state index in [1.807, 2.05) is 0 Å². The number of nitrogens with zero attached hydrogens (tertiary/aromatic N) is 2. The van der Waals surface area contributed by atoms with Gasteiger partial charge < -0.3 is 72.5 Å². The van der Waals surface area contributed by atoms with Gasteiger partial charge in [0.15, 0.2) is 0 Å². The molecule has 0 heterocycles. The molecule has 0 aromatic carbocycles. The third-order valence-corrected chi connectivity index (χ3v) is 6.24. The zero-order chi connectivity index (χ0) is 37.0. The number of aliphatic imine (C=N–C) groups is 1. The van der Waals surface area contributed by atoms with Crippen LogP contribution in [-0.2, 0) is 61.6 Å². The molecule has 17 heteroatoms. The van der Waals surface area contributed by atoms with Crippen molar-refractivity contribution in [1.29, 1.82) is 0 Å². The molecular weight excluding hydrogens is 674 g/mol. The molecular formula is C34H69N3O14. The van der Waals surface area contributed by atoms with Crippen LogP contribution in [-0.4, -0.2) is 202 Å². The monoisotopic (exact) mass is 743 g/mol. The van der Waals surface area contributed by atoms with Crippen LogP contribution in [0, 0.1) is 5.92 Å². The van der Waals surface area contributed by atoms with Crippen LogP contribution in [0.4, 0.5) is 0 Å². The summed E-state index contributed by atoms with van der Waals surface area (Å²) >= 11 is 0. The highest BCUT2D eigenvalue weighted by Gasteiger charge is 1.98. The fraction of sp³-hybridized carbons (Fsp3) is 0.941. The molecule has 0 spiro atoms. The van der Waals surface area contributed by atoms with Crippen molar-refractivity contribution in [1.82, 2.24) is 0 Å². The molecule has 17 nitrogen and oxygen atoms in total. The number of hydrogen-bond donors (Lipinski definition) is 2. The molecule has 0 saturated carbocycles. The molecule has 0 fully saturated rings. The summed E-state index contributed by atoms with van der Waals surface area (Å²) in [5.41, 5.74) is 0.318. The second-order valence-electron chi connectivity index (χ2n) is 11.0. The van der Waals surface area contributed by atoms with Gasteiger partial charge in [0.05, 0.1) is 178 Å². The highest BCUT2D eigenvalue weighted by atomic mass is 16.6. The third kappa shape index (κ3) is 44.7. The van der Waals surface area contributed by atoms with Crippen LogP contribution < -0.4 is 5.84 Å². The average Bonchev–Trinajstić information content (AvgIpc) is 3.13. The first-order valence-corrected chi connectivity index (χ1v) is 18.1. The Bertz CT molecular complexity index is 726. The molecule has 3 N–H and O–H groups in total. The maximum Gasteiger partial charge on any atom is 0.103 e. The first-order chi connectivity index (χ1) is 25.2. The molecule has 0 aromatic rings. The van der Waals surface area contributed by atoms with Crippen molar-refractivity contribution in [3.63, 3.8) is 0 Å². The van der Waals surface area contributed by atoms with Crippen molar-refractivity contribution < 1.29 is 66.7 Å². The summed E-state index contributed by atoms with van der Waals surface area (Å²) in [7, 11) is 0. The Labute approximate surface area is 305 Å². The largest absolute Gasteiger partial charge is 0.390 e. The topological polar surface area (TPSA) is 191 Å². The molecule has 0 radical (unpaired) electrons. The Morgan fingerprint density at radius 3 is 0.882 bits per heavy atom. The standard InChI is InChI=1S/C34H69N3O14/c1-33(2)3-5-39-7-9-41-11-13-43-15-17-45-19-21-47-23-25-49-27-29-51-30-28-50-26-24-48-22-20-46-18-16-44-14-12-42-10-8-40-6-4-36-31-34(32-38)37-35/h31,33,38H,3-30,32,35H2,1-2H3. The van der Waals surface area contributed by atoms with Gasteiger partial charge in [0.25, 0.3) is 0 Å². The fourth-order valence-electron chi connectivity index (χ4n) is 3.46.